The molecule has 0 fully saturated rings. The number of fused-ring (bicyclic) bond motifs is 1. The summed E-state index contributed by atoms with van der Waals surface area (Å²) in [5.41, 5.74) is 2.62. The van der Waals surface area contributed by atoms with Crippen LogP contribution < -0.4 is 10.9 Å². The van der Waals surface area contributed by atoms with Gasteiger partial charge >= 0.3 is 0 Å². The van der Waals surface area contributed by atoms with Crippen molar-refractivity contribution in [2.24, 2.45) is 4.99 Å². The lowest BCUT2D eigenvalue weighted by Crippen LogP contribution is -2.21. The molecule has 4 nitrogen and oxygen atoms in total. The van der Waals surface area contributed by atoms with Gasteiger partial charge in [-0.1, -0.05) is 48.0 Å². The Hall–Kier alpha value is -3.37. The van der Waals surface area contributed by atoms with Crippen molar-refractivity contribution in [3.63, 3.8) is 0 Å². The Morgan fingerprint density at radius 2 is 1.59 bits per heavy atom. The van der Waals surface area contributed by atoms with Crippen LogP contribution in [0, 0.1) is 0 Å². The van der Waals surface area contributed by atoms with E-state index < -0.39 is 0 Å². The van der Waals surface area contributed by atoms with E-state index in [0.29, 0.717) is 27.5 Å². The van der Waals surface area contributed by atoms with Crippen LogP contribution in [-0.4, -0.2) is 5.91 Å². The van der Waals surface area contributed by atoms with Crippen LogP contribution in [0.15, 0.2) is 94.3 Å². The monoisotopic (exact) mass is 374 g/mol. The van der Waals surface area contributed by atoms with Gasteiger partial charge < -0.3 is 9.73 Å². The van der Waals surface area contributed by atoms with Crippen molar-refractivity contribution < 1.29 is 9.21 Å². The molecule has 4 aromatic rings. The Bertz CT molecular complexity index is 1170. The van der Waals surface area contributed by atoms with E-state index in [0.717, 1.165) is 5.39 Å². The minimum atomic E-state index is -0.304. The fourth-order valence-electron chi connectivity index (χ4n) is 2.67. The Morgan fingerprint density at radius 1 is 0.889 bits per heavy atom. The Kier molecular flexibility index (Phi) is 4.73. The zero-order valence-electron chi connectivity index (χ0n) is 14.2. The lowest BCUT2D eigenvalue weighted by Gasteiger charge is -2.07. The van der Waals surface area contributed by atoms with Crippen molar-refractivity contribution in [1.29, 1.82) is 0 Å². The van der Waals surface area contributed by atoms with Crippen LogP contribution in [-0.2, 0) is 0 Å². The summed E-state index contributed by atoms with van der Waals surface area (Å²) < 4.78 is 5.93. The Labute approximate surface area is 160 Å². The highest BCUT2D eigenvalue weighted by atomic mass is 35.5. The molecule has 1 amide bonds. The molecule has 1 heterocycles. The minimum Gasteiger partial charge on any atom is -0.438 e. The standard InChI is InChI=1S/C22H15ClN2O2/c23-16-10-12-18(13-11-16)24-21(26)19-14-15-6-4-5-9-20(15)27-22(19)25-17-7-2-1-3-8-17/h1-14H,(H,24,26). The van der Waals surface area contributed by atoms with E-state index in [4.69, 9.17) is 16.0 Å². The molecule has 0 atom stereocenters. The molecule has 0 aliphatic carbocycles. The van der Waals surface area contributed by atoms with Crippen LogP contribution >= 0.6 is 11.6 Å². The van der Waals surface area contributed by atoms with Gasteiger partial charge in [0, 0.05) is 16.1 Å². The van der Waals surface area contributed by atoms with Crippen molar-refractivity contribution in [2.75, 3.05) is 5.32 Å². The van der Waals surface area contributed by atoms with E-state index in [-0.39, 0.29) is 11.5 Å². The van der Waals surface area contributed by atoms with Crippen molar-refractivity contribution in [3.05, 3.63) is 101 Å². The van der Waals surface area contributed by atoms with E-state index >= 15 is 0 Å². The molecular weight excluding hydrogens is 360 g/mol. The molecule has 0 unspecified atom stereocenters. The molecule has 0 aliphatic heterocycles. The predicted octanol–water partition coefficient (Wildman–Crippen LogP) is 5.57. The molecule has 3 aromatic carbocycles. The highest BCUT2D eigenvalue weighted by Gasteiger charge is 2.13. The number of anilines is 1. The summed E-state index contributed by atoms with van der Waals surface area (Å²) in [6.45, 7) is 0. The van der Waals surface area contributed by atoms with Gasteiger partial charge in [0.05, 0.1) is 5.69 Å². The first kappa shape index (κ1) is 17.1. The van der Waals surface area contributed by atoms with Gasteiger partial charge in [-0.15, -0.1) is 0 Å². The number of hydrogen-bond donors (Lipinski definition) is 1. The maximum Gasteiger partial charge on any atom is 0.261 e. The minimum absolute atomic E-state index is 0.256. The van der Waals surface area contributed by atoms with Gasteiger partial charge in [-0.3, -0.25) is 4.79 Å². The van der Waals surface area contributed by atoms with Crippen LogP contribution in [0.25, 0.3) is 11.0 Å². The highest BCUT2D eigenvalue weighted by molar-refractivity contribution is 6.30. The summed E-state index contributed by atoms with van der Waals surface area (Å²) in [5.74, 6) is -0.304. The number of hydrogen-bond acceptors (Lipinski definition) is 3. The van der Waals surface area contributed by atoms with E-state index in [9.17, 15) is 4.79 Å². The second-order valence-electron chi connectivity index (χ2n) is 5.91. The molecule has 5 heteroatoms. The Balaban J connectivity index is 1.82. The van der Waals surface area contributed by atoms with Crippen LogP contribution in [0.2, 0.25) is 5.02 Å². The summed E-state index contributed by atoms with van der Waals surface area (Å²) in [6, 6.07) is 25.6. The third-order valence-corrected chi connectivity index (χ3v) is 4.24. The van der Waals surface area contributed by atoms with Gasteiger partial charge in [0.15, 0.2) is 0 Å². The predicted molar refractivity (Wildman–Crippen MR) is 107 cm³/mol. The number of benzene rings is 3. The quantitative estimate of drug-likeness (QED) is 0.509. The second kappa shape index (κ2) is 7.48. The molecule has 4 rings (SSSR count). The van der Waals surface area contributed by atoms with Crippen molar-refractivity contribution in [3.8, 4) is 0 Å². The summed E-state index contributed by atoms with van der Waals surface area (Å²) in [4.78, 5) is 17.4. The lowest BCUT2D eigenvalue weighted by atomic mass is 10.1. The van der Waals surface area contributed by atoms with E-state index in [1.165, 1.54) is 0 Å². The van der Waals surface area contributed by atoms with E-state index in [2.05, 4.69) is 10.3 Å². The van der Waals surface area contributed by atoms with Crippen LogP contribution in [0.5, 0.6) is 0 Å². The van der Waals surface area contributed by atoms with E-state index in [1.807, 2.05) is 54.6 Å². The molecule has 0 radical (unpaired) electrons. The number of nitrogens with zero attached hydrogens (tertiary/aromatic N) is 1. The fourth-order valence-corrected chi connectivity index (χ4v) is 2.79. The fraction of sp³-hybridized carbons (Fsp3) is 0. The first-order valence-corrected chi connectivity index (χ1v) is 8.76. The molecular formula is C22H15ClN2O2. The molecule has 1 N–H and O–H groups in total. The van der Waals surface area contributed by atoms with Crippen molar-refractivity contribution in [1.82, 2.24) is 0 Å². The van der Waals surface area contributed by atoms with Gasteiger partial charge in [0.2, 0.25) is 5.55 Å². The molecule has 27 heavy (non-hydrogen) atoms. The zero-order valence-corrected chi connectivity index (χ0v) is 15.0. The summed E-state index contributed by atoms with van der Waals surface area (Å²) in [7, 11) is 0. The smallest absolute Gasteiger partial charge is 0.261 e. The third-order valence-electron chi connectivity index (χ3n) is 3.99. The SMILES string of the molecule is O=C(Nc1ccc(Cl)cc1)c1cc2ccccc2oc1=Nc1ccccc1. The lowest BCUT2D eigenvalue weighted by molar-refractivity contribution is 0.102. The van der Waals surface area contributed by atoms with Crippen LogP contribution in [0.1, 0.15) is 10.4 Å². The molecule has 1 aromatic heterocycles. The molecule has 0 saturated heterocycles. The number of amides is 1. The Morgan fingerprint density at radius 3 is 2.37 bits per heavy atom. The van der Waals surface area contributed by atoms with Crippen molar-refractivity contribution in [2.45, 2.75) is 0 Å². The molecule has 0 saturated carbocycles. The summed E-state index contributed by atoms with van der Waals surface area (Å²) in [6.07, 6.45) is 0. The van der Waals surface area contributed by atoms with Gasteiger partial charge in [-0.2, -0.15) is 0 Å². The molecule has 132 valence electrons. The summed E-state index contributed by atoms with van der Waals surface area (Å²) in [5, 5.41) is 4.29. The summed E-state index contributed by atoms with van der Waals surface area (Å²) >= 11 is 5.90. The number of para-hydroxylation sites is 2. The van der Waals surface area contributed by atoms with Gasteiger partial charge in [-0.25, -0.2) is 4.99 Å². The number of nitrogens with one attached hydrogen (secondary N) is 1. The van der Waals surface area contributed by atoms with Crippen LogP contribution in [0.3, 0.4) is 0 Å². The molecule has 0 spiro atoms. The molecule has 0 bridgehead atoms. The maximum atomic E-state index is 12.9. The molecule has 0 aliphatic rings. The first-order valence-electron chi connectivity index (χ1n) is 8.39. The maximum absolute atomic E-state index is 12.9. The second-order valence-corrected chi connectivity index (χ2v) is 6.35. The van der Waals surface area contributed by atoms with Crippen LogP contribution in [0.4, 0.5) is 11.4 Å². The van der Waals surface area contributed by atoms with Gasteiger partial charge in [-0.05, 0) is 48.5 Å². The largest absolute Gasteiger partial charge is 0.438 e. The topological polar surface area (TPSA) is 54.6 Å². The zero-order chi connectivity index (χ0) is 18.6. The first-order chi connectivity index (χ1) is 13.2. The average Bonchev–Trinajstić information content (AvgIpc) is 2.70. The normalized spacial score (nSPS) is 11.5. The van der Waals surface area contributed by atoms with Crippen molar-refractivity contribution >= 4 is 39.9 Å². The highest BCUT2D eigenvalue weighted by Crippen LogP contribution is 2.17. The number of rotatable bonds is 3. The average molecular weight is 375 g/mol. The number of halogens is 1. The third kappa shape index (κ3) is 3.91. The van der Waals surface area contributed by atoms with Gasteiger partial charge in [0.25, 0.3) is 5.91 Å². The number of carbonyl (C=O) groups excluding carboxylic acids is 1. The van der Waals surface area contributed by atoms with E-state index in [1.54, 1.807) is 30.3 Å². The number of carbonyl (C=O) groups is 1. The van der Waals surface area contributed by atoms with Gasteiger partial charge in [0.1, 0.15) is 11.1 Å².